The van der Waals surface area contributed by atoms with Crippen molar-refractivity contribution in [3.8, 4) is 5.69 Å². The van der Waals surface area contributed by atoms with E-state index in [-0.39, 0.29) is 11.6 Å². The van der Waals surface area contributed by atoms with Crippen molar-refractivity contribution in [1.82, 2.24) is 14.5 Å². The summed E-state index contributed by atoms with van der Waals surface area (Å²) < 4.78 is 1.52. The molecule has 0 unspecified atom stereocenters. The number of hydrogen-bond acceptors (Lipinski definition) is 6. The number of anilines is 1. The van der Waals surface area contributed by atoms with E-state index in [0.717, 1.165) is 16.8 Å². The van der Waals surface area contributed by atoms with E-state index in [1.54, 1.807) is 24.9 Å². The Hall–Kier alpha value is -2.71. The van der Waals surface area contributed by atoms with Crippen LogP contribution in [-0.4, -0.2) is 52.1 Å². The van der Waals surface area contributed by atoms with Crippen molar-refractivity contribution in [2.45, 2.75) is 32.9 Å². The van der Waals surface area contributed by atoms with Gasteiger partial charge in [-0.25, -0.2) is 4.79 Å². The van der Waals surface area contributed by atoms with Gasteiger partial charge >= 0.3 is 5.69 Å². The third-order valence-electron chi connectivity index (χ3n) is 5.06. The van der Waals surface area contributed by atoms with E-state index in [1.165, 1.54) is 4.57 Å². The number of rotatable bonds is 4. The summed E-state index contributed by atoms with van der Waals surface area (Å²) in [7, 11) is 0. The average molecular weight is 384 g/mol. The first-order valence-electron chi connectivity index (χ1n) is 9.43. The molecule has 0 atom stereocenters. The van der Waals surface area contributed by atoms with Crippen LogP contribution in [0.25, 0.3) is 5.69 Å². The second kappa shape index (κ2) is 7.73. The Balaban J connectivity index is 1.74. The van der Waals surface area contributed by atoms with Gasteiger partial charge in [0.05, 0.1) is 11.2 Å². The SMILES string of the molecule is Cc1cc(-n2ccc(N3CCN(C(=O)C(C)(C)N)CC3)nc2=O)ccc1CN. The lowest BCUT2D eigenvalue weighted by Crippen LogP contribution is -2.57. The fourth-order valence-electron chi connectivity index (χ4n) is 3.37. The Morgan fingerprint density at radius 2 is 1.86 bits per heavy atom. The number of nitrogens with zero attached hydrogens (tertiary/aromatic N) is 4. The molecule has 1 aliphatic heterocycles. The molecule has 0 saturated carbocycles. The van der Waals surface area contributed by atoms with E-state index >= 15 is 0 Å². The molecule has 1 aromatic carbocycles. The first-order valence-corrected chi connectivity index (χ1v) is 9.43. The predicted molar refractivity (Wildman–Crippen MR) is 110 cm³/mol. The van der Waals surface area contributed by atoms with Crippen molar-refractivity contribution >= 4 is 11.7 Å². The normalized spacial score (nSPS) is 15.0. The van der Waals surface area contributed by atoms with Gasteiger partial charge in [0, 0.05) is 38.9 Å². The molecule has 28 heavy (non-hydrogen) atoms. The van der Waals surface area contributed by atoms with Crippen molar-refractivity contribution in [2.24, 2.45) is 11.5 Å². The molecule has 0 radical (unpaired) electrons. The Kier molecular flexibility index (Phi) is 5.53. The quantitative estimate of drug-likeness (QED) is 0.789. The van der Waals surface area contributed by atoms with Crippen LogP contribution in [0, 0.1) is 6.92 Å². The second-order valence-corrected chi connectivity index (χ2v) is 7.75. The number of carbonyl (C=O) groups is 1. The molecule has 8 heteroatoms. The molecule has 2 heterocycles. The highest BCUT2D eigenvalue weighted by Crippen LogP contribution is 2.16. The Bertz CT molecular complexity index is 923. The van der Waals surface area contributed by atoms with Gasteiger partial charge in [0.25, 0.3) is 0 Å². The van der Waals surface area contributed by atoms with E-state index in [9.17, 15) is 9.59 Å². The third-order valence-corrected chi connectivity index (χ3v) is 5.06. The summed E-state index contributed by atoms with van der Waals surface area (Å²) in [6.45, 7) is 8.21. The van der Waals surface area contributed by atoms with E-state index in [4.69, 9.17) is 11.5 Å². The summed E-state index contributed by atoms with van der Waals surface area (Å²) in [4.78, 5) is 32.9. The minimum atomic E-state index is -0.877. The van der Waals surface area contributed by atoms with Gasteiger partial charge in [-0.3, -0.25) is 9.36 Å². The Labute approximate surface area is 164 Å². The largest absolute Gasteiger partial charge is 0.354 e. The predicted octanol–water partition coefficient (Wildman–Crippen LogP) is 0.386. The van der Waals surface area contributed by atoms with Crippen molar-refractivity contribution in [1.29, 1.82) is 0 Å². The molecule has 3 rings (SSSR count). The zero-order valence-electron chi connectivity index (χ0n) is 16.7. The summed E-state index contributed by atoms with van der Waals surface area (Å²) >= 11 is 0. The zero-order chi connectivity index (χ0) is 20.5. The first-order chi connectivity index (χ1) is 13.2. The molecular formula is C20H28N6O2. The molecule has 0 aliphatic carbocycles. The molecule has 0 bridgehead atoms. The van der Waals surface area contributed by atoms with Gasteiger partial charge in [0.15, 0.2) is 0 Å². The number of aromatic nitrogens is 2. The first kappa shape index (κ1) is 20.0. The van der Waals surface area contributed by atoms with Crippen LogP contribution in [0.3, 0.4) is 0 Å². The van der Waals surface area contributed by atoms with Crippen molar-refractivity contribution in [3.63, 3.8) is 0 Å². The third kappa shape index (κ3) is 4.07. The topological polar surface area (TPSA) is 110 Å². The van der Waals surface area contributed by atoms with Crippen molar-refractivity contribution < 1.29 is 4.79 Å². The maximum Gasteiger partial charge on any atom is 0.354 e. The number of piperazine rings is 1. The molecule has 0 spiro atoms. The number of hydrogen-bond donors (Lipinski definition) is 2. The Morgan fingerprint density at radius 3 is 2.39 bits per heavy atom. The van der Waals surface area contributed by atoms with Crippen LogP contribution in [0.1, 0.15) is 25.0 Å². The van der Waals surface area contributed by atoms with E-state index in [2.05, 4.69) is 4.98 Å². The second-order valence-electron chi connectivity index (χ2n) is 7.75. The van der Waals surface area contributed by atoms with Gasteiger partial charge in [0.2, 0.25) is 5.91 Å². The molecule has 1 fully saturated rings. The number of aryl methyl sites for hydroxylation is 1. The van der Waals surface area contributed by atoms with Crippen LogP contribution in [0.15, 0.2) is 35.3 Å². The van der Waals surface area contributed by atoms with E-state index in [0.29, 0.717) is 38.5 Å². The van der Waals surface area contributed by atoms with Crippen LogP contribution in [0.4, 0.5) is 5.82 Å². The maximum atomic E-state index is 12.6. The minimum Gasteiger partial charge on any atom is -0.353 e. The van der Waals surface area contributed by atoms with Gasteiger partial charge in [-0.1, -0.05) is 6.07 Å². The molecule has 1 amide bonds. The summed E-state index contributed by atoms with van der Waals surface area (Å²) in [5.41, 5.74) is 13.3. The summed E-state index contributed by atoms with van der Waals surface area (Å²) in [5, 5.41) is 0. The van der Waals surface area contributed by atoms with Gasteiger partial charge < -0.3 is 21.3 Å². The summed E-state index contributed by atoms with van der Waals surface area (Å²) in [6, 6.07) is 7.57. The molecule has 1 saturated heterocycles. The number of nitrogens with two attached hydrogens (primary N) is 2. The standard InChI is InChI=1S/C20H28N6O2/c1-14-12-16(5-4-15(14)13-21)26-7-6-17(23-19(26)28)24-8-10-25(11-9-24)18(27)20(2,3)22/h4-7,12H,8-11,13,21-22H2,1-3H3. The van der Waals surface area contributed by atoms with Gasteiger partial charge in [-0.2, -0.15) is 4.98 Å². The van der Waals surface area contributed by atoms with Crippen LogP contribution >= 0.6 is 0 Å². The van der Waals surface area contributed by atoms with Crippen LogP contribution < -0.4 is 22.1 Å². The van der Waals surface area contributed by atoms with E-state index in [1.807, 2.05) is 36.1 Å². The maximum absolute atomic E-state index is 12.6. The smallest absolute Gasteiger partial charge is 0.353 e. The van der Waals surface area contributed by atoms with Gasteiger partial charge in [-0.15, -0.1) is 0 Å². The van der Waals surface area contributed by atoms with Crippen LogP contribution in [0.5, 0.6) is 0 Å². The average Bonchev–Trinajstić information content (AvgIpc) is 2.66. The minimum absolute atomic E-state index is 0.0631. The van der Waals surface area contributed by atoms with Crippen LogP contribution in [-0.2, 0) is 11.3 Å². The van der Waals surface area contributed by atoms with Crippen LogP contribution in [0.2, 0.25) is 0 Å². The highest BCUT2D eigenvalue weighted by molar-refractivity contribution is 5.85. The number of benzene rings is 1. The monoisotopic (exact) mass is 384 g/mol. The fourth-order valence-corrected chi connectivity index (χ4v) is 3.37. The molecule has 4 N–H and O–H groups in total. The van der Waals surface area contributed by atoms with E-state index < -0.39 is 5.54 Å². The fraction of sp³-hybridized carbons (Fsp3) is 0.450. The number of carbonyl (C=O) groups excluding carboxylic acids is 1. The van der Waals surface area contributed by atoms with Gasteiger partial charge in [-0.05, 0) is 50.1 Å². The summed E-state index contributed by atoms with van der Waals surface area (Å²) in [5.74, 6) is 0.558. The molecule has 150 valence electrons. The van der Waals surface area contributed by atoms with Crippen molar-refractivity contribution in [3.05, 3.63) is 52.1 Å². The van der Waals surface area contributed by atoms with Gasteiger partial charge in [0.1, 0.15) is 5.82 Å². The zero-order valence-corrected chi connectivity index (χ0v) is 16.7. The highest BCUT2D eigenvalue weighted by Gasteiger charge is 2.30. The molecule has 8 nitrogen and oxygen atoms in total. The molecule has 1 aliphatic rings. The molecule has 1 aromatic heterocycles. The summed E-state index contributed by atoms with van der Waals surface area (Å²) in [6.07, 6.45) is 1.74. The number of amides is 1. The highest BCUT2D eigenvalue weighted by atomic mass is 16.2. The lowest BCUT2D eigenvalue weighted by atomic mass is 10.0. The molecule has 2 aromatic rings. The lowest BCUT2D eigenvalue weighted by Gasteiger charge is -2.37. The lowest BCUT2D eigenvalue weighted by molar-refractivity contribution is -0.136. The molecular weight excluding hydrogens is 356 g/mol. The van der Waals surface area contributed by atoms with Crippen molar-refractivity contribution in [2.75, 3.05) is 31.1 Å². The Morgan fingerprint density at radius 1 is 1.18 bits per heavy atom.